The van der Waals surface area contributed by atoms with Crippen LogP contribution in [0.1, 0.15) is 0 Å². The van der Waals surface area contributed by atoms with Gasteiger partial charge >= 0.3 is 6.61 Å². The number of hydrogen-bond acceptors (Lipinski definition) is 7. The number of hydrogen-bond donors (Lipinski definition) is 3. The summed E-state index contributed by atoms with van der Waals surface area (Å²) in [6.07, 6.45) is 5.54. The molecule has 4 rings (SSSR count). The second kappa shape index (κ2) is 10.8. The van der Waals surface area contributed by atoms with Gasteiger partial charge in [-0.15, -0.1) is 0 Å². The first-order chi connectivity index (χ1) is 17.7. The molecule has 0 bridgehead atoms. The van der Waals surface area contributed by atoms with Crippen molar-refractivity contribution in [3.63, 3.8) is 0 Å². The molecule has 37 heavy (non-hydrogen) atoms. The van der Waals surface area contributed by atoms with Gasteiger partial charge in [-0.05, 0) is 42.0 Å². The predicted octanol–water partition coefficient (Wildman–Crippen LogP) is 5.37. The summed E-state index contributed by atoms with van der Waals surface area (Å²) < 4.78 is 60.3. The zero-order valence-corrected chi connectivity index (χ0v) is 19.2. The number of alkyl halides is 2. The number of ether oxygens (including phenoxy) is 1. The third-order valence-corrected chi connectivity index (χ3v) is 4.83. The van der Waals surface area contributed by atoms with Gasteiger partial charge in [0.1, 0.15) is 23.2 Å². The van der Waals surface area contributed by atoms with Crippen molar-refractivity contribution in [1.82, 2.24) is 19.7 Å². The molecule has 0 atom stereocenters. The molecule has 0 aliphatic carbocycles. The molecule has 0 spiro atoms. The van der Waals surface area contributed by atoms with Gasteiger partial charge in [0.05, 0.1) is 17.6 Å². The van der Waals surface area contributed by atoms with Crippen LogP contribution in [0.2, 0.25) is 0 Å². The third-order valence-electron chi connectivity index (χ3n) is 4.83. The van der Waals surface area contributed by atoms with E-state index in [0.29, 0.717) is 5.69 Å². The van der Waals surface area contributed by atoms with Crippen LogP contribution in [0.5, 0.6) is 5.75 Å². The van der Waals surface area contributed by atoms with Gasteiger partial charge in [-0.2, -0.15) is 18.9 Å². The Morgan fingerprint density at radius 1 is 1.11 bits per heavy atom. The zero-order chi connectivity index (χ0) is 26.5. The van der Waals surface area contributed by atoms with Crippen molar-refractivity contribution in [2.24, 2.45) is 7.05 Å². The smallest absolute Gasteiger partial charge is 0.387 e. The number of nitrogens with one attached hydrogen (secondary N) is 3. The van der Waals surface area contributed by atoms with Gasteiger partial charge in [0.25, 0.3) is 0 Å². The Balaban J connectivity index is 1.77. The van der Waals surface area contributed by atoms with E-state index >= 15 is 0 Å². The summed E-state index contributed by atoms with van der Waals surface area (Å²) in [7, 11) is 1.71. The second-order valence-corrected chi connectivity index (χ2v) is 7.55. The van der Waals surface area contributed by atoms with Gasteiger partial charge in [-0.25, -0.2) is 13.8 Å². The van der Waals surface area contributed by atoms with Crippen LogP contribution in [-0.4, -0.2) is 32.3 Å². The van der Waals surface area contributed by atoms with Gasteiger partial charge in [-0.1, -0.05) is 6.58 Å². The number of aryl methyl sites for hydroxylation is 1. The van der Waals surface area contributed by atoms with Gasteiger partial charge < -0.3 is 20.7 Å². The Labute approximate surface area is 207 Å². The fourth-order valence-corrected chi connectivity index (χ4v) is 3.27. The molecule has 0 fully saturated rings. The largest absolute Gasteiger partial charge is 0.435 e. The van der Waals surface area contributed by atoms with Crippen molar-refractivity contribution in [1.29, 1.82) is 0 Å². The fraction of sp³-hybridized carbons (Fsp3) is 0.0833. The van der Waals surface area contributed by atoms with Crippen molar-refractivity contribution in [2.45, 2.75) is 6.61 Å². The first-order valence-corrected chi connectivity index (χ1v) is 10.6. The van der Waals surface area contributed by atoms with Gasteiger partial charge in [-0.3, -0.25) is 9.48 Å². The lowest BCUT2D eigenvalue weighted by Crippen LogP contribution is -2.08. The number of aromatic nitrogens is 4. The molecule has 9 nitrogen and oxygen atoms in total. The maximum absolute atomic E-state index is 14.7. The zero-order valence-electron chi connectivity index (χ0n) is 19.2. The maximum atomic E-state index is 14.7. The molecular formula is C24H19F4N7O2. The van der Waals surface area contributed by atoms with Crippen LogP contribution in [0.4, 0.5) is 46.4 Å². The molecule has 0 aliphatic heterocycles. The van der Waals surface area contributed by atoms with Crippen molar-refractivity contribution in [3.05, 3.63) is 79.3 Å². The topological polar surface area (TPSA) is 106 Å². The first-order valence-electron chi connectivity index (χ1n) is 10.6. The number of carbonyl (C=O) groups is 1. The van der Waals surface area contributed by atoms with Crippen molar-refractivity contribution >= 4 is 34.7 Å². The summed E-state index contributed by atoms with van der Waals surface area (Å²) in [5.74, 6) is -2.39. The van der Waals surface area contributed by atoms with Crippen LogP contribution >= 0.6 is 0 Å². The highest BCUT2D eigenvalue weighted by Gasteiger charge is 2.16. The molecule has 2 aromatic heterocycles. The number of carbonyl (C=O) groups excluding carboxylic acids is 1. The SMILES string of the molecule is C=CC(=O)Nc1ccc(F)c(Nc2nc(Nc3cnn(C)c3)ncc2-c2cc(F)cc(OC(F)F)c2)c1. The maximum Gasteiger partial charge on any atom is 0.387 e. The third kappa shape index (κ3) is 6.39. The number of rotatable bonds is 9. The minimum absolute atomic E-state index is 0.00100. The Bertz CT molecular complexity index is 1460. The molecule has 0 unspecified atom stereocenters. The normalized spacial score (nSPS) is 10.8. The number of benzene rings is 2. The first kappa shape index (κ1) is 25.2. The van der Waals surface area contributed by atoms with E-state index in [0.717, 1.165) is 24.3 Å². The minimum atomic E-state index is -3.17. The molecule has 190 valence electrons. The highest BCUT2D eigenvalue weighted by atomic mass is 19.3. The molecule has 1 amide bonds. The summed E-state index contributed by atoms with van der Waals surface area (Å²) in [5, 5.41) is 12.3. The van der Waals surface area contributed by atoms with Crippen molar-refractivity contribution in [3.8, 4) is 16.9 Å². The minimum Gasteiger partial charge on any atom is -0.435 e. The molecule has 2 heterocycles. The van der Waals surface area contributed by atoms with E-state index in [1.54, 1.807) is 17.9 Å². The number of anilines is 5. The lowest BCUT2D eigenvalue weighted by atomic mass is 10.1. The van der Waals surface area contributed by atoms with Crippen LogP contribution < -0.4 is 20.7 Å². The number of amides is 1. The molecule has 0 aliphatic rings. The van der Waals surface area contributed by atoms with E-state index in [4.69, 9.17) is 0 Å². The molecule has 4 aromatic rings. The summed E-state index contributed by atoms with van der Waals surface area (Å²) in [4.78, 5) is 20.2. The predicted molar refractivity (Wildman–Crippen MR) is 129 cm³/mol. The molecule has 13 heteroatoms. The summed E-state index contributed by atoms with van der Waals surface area (Å²) in [5.41, 5.74) is 0.962. The van der Waals surface area contributed by atoms with Crippen LogP contribution in [0.15, 0.2) is 67.6 Å². The van der Waals surface area contributed by atoms with E-state index in [1.165, 1.54) is 30.6 Å². The van der Waals surface area contributed by atoms with Crippen molar-refractivity contribution in [2.75, 3.05) is 16.0 Å². The standard InChI is InChI=1S/C24H19F4N7O2/c1-3-21(36)31-15-4-5-19(26)20(9-15)33-22-18(13-6-14(25)8-17(7-13)37-23(27)28)11-29-24(34-22)32-16-10-30-35(2)12-16/h3-12,23H,1H2,2H3,(H,31,36)(H2,29,32,33,34). The van der Waals surface area contributed by atoms with Crippen LogP contribution in [0, 0.1) is 11.6 Å². The molecule has 0 radical (unpaired) electrons. The van der Waals surface area contributed by atoms with Crippen LogP contribution in [0.3, 0.4) is 0 Å². The molecular weight excluding hydrogens is 494 g/mol. The Hall–Kier alpha value is -4.94. The van der Waals surface area contributed by atoms with Crippen LogP contribution in [-0.2, 0) is 11.8 Å². The summed E-state index contributed by atoms with van der Waals surface area (Å²) in [6.45, 7) is 0.199. The average molecular weight is 513 g/mol. The van der Waals surface area contributed by atoms with E-state index in [1.807, 2.05) is 0 Å². The van der Waals surface area contributed by atoms with Crippen molar-refractivity contribution < 1.29 is 27.1 Å². The van der Waals surface area contributed by atoms with E-state index in [2.05, 4.69) is 42.3 Å². The summed E-state index contributed by atoms with van der Waals surface area (Å²) in [6, 6.07) is 6.81. The summed E-state index contributed by atoms with van der Waals surface area (Å²) >= 11 is 0. The highest BCUT2D eigenvalue weighted by Crippen LogP contribution is 2.34. The molecule has 2 aromatic carbocycles. The quantitative estimate of drug-likeness (QED) is 0.204. The van der Waals surface area contributed by atoms with Gasteiger partial charge in [0, 0.05) is 36.8 Å². The van der Waals surface area contributed by atoms with E-state index in [9.17, 15) is 22.4 Å². The monoisotopic (exact) mass is 513 g/mol. The van der Waals surface area contributed by atoms with Gasteiger partial charge in [0.2, 0.25) is 11.9 Å². The second-order valence-electron chi connectivity index (χ2n) is 7.55. The molecule has 0 saturated carbocycles. The number of nitrogens with zero attached hydrogens (tertiary/aromatic N) is 4. The Kier molecular flexibility index (Phi) is 7.32. The Morgan fingerprint density at radius 2 is 1.92 bits per heavy atom. The van der Waals surface area contributed by atoms with Crippen LogP contribution in [0.25, 0.3) is 11.1 Å². The molecule has 0 saturated heterocycles. The fourth-order valence-electron chi connectivity index (χ4n) is 3.27. The Morgan fingerprint density at radius 3 is 2.62 bits per heavy atom. The van der Waals surface area contributed by atoms with E-state index < -0.39 is 29.9 Å². The van der Waals surface area contributed by atoms with E-state index in [-0.39, 0.29) is 34.3 Å². The average Bonchev–Trinajstić information content (AvgIpc) is 3.24. The lowest BCUT2D eigenvalue weighted by molar-refractivity contribution is -0.111. The number of halogens is 4. The highest BCUT2D eigenvalue weighted by molar-refractivity contribution is 5.99. The van der Waals surface area contributed by atoms with Gasteiger partial charge in [0.15, 0.2) is 0 Å². The lowest BCUT2D eigenvalue weighted by Gasteiger charge is -2.15. The molecule has 3 N–H and O–H groups in total.